The highest BCUT2D eigenvalue weighted by atomic mass is 15.1. The zero-order chi connectivity index (χ0) is 27.3. The Bertz CT molecular complexity index is 2070. The first kappa shape index (κ1) is 23.2. The van der Waals surface area contributed by atoms with E-state index in [0.717, 1.165) is 51.0 Å². The van der Waals surface area contributed by atoms with Gasteiger partial charge in [-0.2, -0.15) is 0 Å². The van der Waals surface area contributed by atoms with E-state index in [-0.39, 0.29) is 0 Å². The van der Waals surface area contributed by atoms with Crippen LogP contribution >= 0.6 is 0 Å². The SMILES string of the molecule is C=NC1=NC(=Nc2[nH]c(N=C3N=C(N=C4NCc5ccccc54)c4ccccc43)c3ccccc23)c2ccccc21. The Balaban J connectivity index is 1.25. The predicted octanol–water partition coefficient (Wildman–Crippen LogP) is 6.10. The van der Waals surface area contributed by atoms with Gasteiger partial charge in [-0.1, -0.05) is 97.1 Å². The smallest absolute Gasteiger partial charge is 0.164 e. The molecule has 41 heavy (non-hydrogen) atoms. The van der Waals surface area contributed by atoms with E-state index in [1.54, 1.807) is 0 Å². The number of benzene rings is 4. The molecule has 4 aromatic carbocycles. The van der Waals surface area contributed by atoms with Gasteiger partial charge in [0.15, 0.2) is 23.3 Å². The van der Waals surface area contributed by atoms with Gasteiger partial charge < -0.3 is 10.3 Å². The summed E-state index contributed by atoms with van der Waals surface area (Å²) in [5.74, 6) is 4.55. The second-order valence-electron chi connectivity index (χ2n) is 9.83. The van der Waals surface area contributed by atoms with Crippen molar-refractivity contribution in [2.45, 2.75) is 6.54 Å². The zero-order valence-electron chi connectivity index (χ0n) is 21.8. The lowest BCUT2D eigenvalue weighted by atomic mass is 10.1. The molecule has 0 spiro atoms. The molecule has 0 saturated heterocycles. The Hall–Kier alpha value is -5.76. The van der Waals surface area contributed by atoms with Crippen LogP contribution in [0.3, 0.4) is 0 Å². The van der Waals surface area contributed by atoms with E-state index in [1.807, 2.05) is 84.9 Å². The average Bonchev–Trinajstić information content (AvgIpc) is 3.78. The van der Waals surface area contributed by atoms with Crippen molar-refractivity contribution in [3.8, 4) is 0 Å². The first-order valence-corrected chi connectivity index (χ1v) is 13.3. The van der Waals surface area contributed by atoms with Gasteiger partial charge in [-0.25, -0.2) is 30.0 Å². The number of nitrogens with zero attached hydrogens (tertiary/aromatic N) is 6. The lowest BCUT2D eigenvalue weighted by Crippen LogP contribution is -2.16. The fraction of sp³-hybridized carbons (Fsp3) is 0.0303. The lowest BCUT2D eigenvalue weighted by Gasteiger charge is -2.01. The molecule has 0 aliphatic carbocycles. The minimum atomic E-state index is 0.570. The minimum Gasteiger partial charge on any atom is -0.365 e. The molecule has 0 atom stereocenters. The number of aliphatic imine (C=N–C) groups is 6. The van der Waals surface area contributed by atoms with Gasteiger partial charge in [0.1, 0.15) is 17.5 Å². The van der Waals surface area contributed by atoms with Crippen LogP contribution in [-0.4, -0.2) is 40.9 Å². The average molecular weight is 531 g/mol. The Morgan fingerprint density at radius 1 is 0.561 bits per heavy atom. The second-order valence-corrected chi connectivity index (χ2v) is 9.83. The summed E-state index contributed by atoms with van der Waals surface area (Å²) in [7, 11) is 0. The molecule has 0 amide bonds. The first-order chi connectivity index (χ1) is 20.3. The third-order valence-electron chi connectivity index (χ3n) is 7.44. The van der Waals surface area contributed by atoms with Crippen LogP contribution in [0.25, 0.3) is 10.8 Å². The molecule has 3 aliphatic heterocycles. The molecule has 0 unspecified atom stereocenters. The van der Waals surface area contributed by atoms with Crippen molar-refractivity contribution in [3.63, 3.8) is 0 Å². The van der Waals surface area contributed by atoms with Crippen LogP contribution in [0.15, 0.2) is 127 Å². The summed E-state index contributed by atoms with van der Waals surface area (Å²) in [5, 5.41) is 5.29. The first-order valence-electron chi connectivity index (χ1n) is 13.3. The molecule has 5 aromatic rings. The number of hydrogen-bond acceptors (Lipinski definition) is 4. The molecule has 8 heteroatoms. The largest absolute Gasteiger partial charge is 0.365 e. The molecule has 0 fully saturated rings. The molecule has 0 saturated carbocycles. The van der Waals surface area contributed by atoms with Crippen LogP contribution in [0, 0.1) is 0 Å². The van der Waals surface area contributed by atoms with Crippen molar-refractivity contribution in [1.29, 1.82) is 0 Å². The molecule has 8 rings (SSSR count). The van der Waals surface area contributed by atoms with Gasteiger partial charge in [0, 0.05) is 45.1 Å². The Labute approximate surface area is 235 Å². The normalized spacial score (nSPS) is 17.9. The zero-order valence-corrected chi connectivity index (χ0v) is 21.8. The molecule has 0 radical (unpaired) electrons. The van der Waals surface area contributed by atoms with Crippen molar-refractivity contribution >= 4 is 58.3 Å². The number of aromatic amines is 1. The molecule has 2 N–H and O–H groups in total. The molecule has 0 bridgehead atoms. The fourth-order valence-electron chi connectivity index (χ4n) is 5.48. The summed E-state index contributed by atoms with van der Waals surface area (Å²) in [5.41, 5.74) is 6.04. The molecule has 1 aromatic heterocycles. The number of fused-ring (bicyclic) bond motifs is 4. The van der Waals surface area contributed by atoms with Gasteiger partial charge in [-0.3, -0.25) is 0 Å². The quantitative estimate of drug-likeness (QED) is 0.265. The van der Waals surface area contributed by atoms with Gasteiger partial charge in [-0.05, 0) is 12.3 Å². The third kappa shape index (κ3) is 3.76. The third-order valence-corrected chi connectivity index (χ3v) is 7.44. The number of aromatic nitrogens is 1. The molecule has 3 aliphatic rings. The highest BCUT2D eigenvalue weighted by Gasteiger charge is 2.25. The minimum absolute atomic E-state index is 0.570. The van der Waals surface area contributed by atoms with Crippen LogP contribution in [0.4, 0.5) is 11.6 Å². The molecular weight excluding hydrogens is 508 g/mol. The summed E-state index contributed by atoms with van der Waals surface area (Å²) in [6.07, 6.45) is 0. The fourth-order valence-corrected chi connectivity index (χ4v) is 5.48. The maximum Gasteiger partial charge on any atom is 0.164 e. The number of hydrogen-bond donors (Lipinski definition) is 2. The summed E-state index contributed by atoms with van der Waals surface area (Å²) in [4.78, 5) is 31.9. The Morgan fingerprint density at radius 3 is 1.71 bits per heavy atom. The van der Waals surface area contributed by atoms with Crippen molar-refractivity contribution < 1.29 is 0 Å². The van der Waals surface area contributed by atoms with Gasteiger partial charge in [0.2, 0.25) is 0 Å². The summed E-state index contributed by atoms with van der Waals surface area (Å²) in [6, 6.07) is 32.3. The van der Waals surface area contributed by atoms with Crippen LogP contribution in [0.1, 0.15) is 33.4 Å². The van der Waals surface area contributed by atoms with E-state index in [2.05, 4.69) is 39.1 Å². The Morgan fingerprint density at radius 2 is 1.07 bits per heavy atom. The maximum absolute atomic E-state index is 5.02. The lowest BCUT2D eigenvalue weighted by molar-refractivity contribution is 0.963. The van der Waals surface area contributed by atoms with Crippen molar-refractivity contribution in [2.75, 3.05) is 0 Å². The van der Waals surface area contributed by atoms with E-state index in [9.17, 15) is 0 Å². The standard InChI is InChI=1S/C33H22N8/c1-34-27-21-12-4-5-13-22(21)29(36-27)38-31-25-16-8-9-17-26(25)33(40-31)41-32-24-15-7-6-14-23(24)30(39-32)37-28-20-11-3-2-10-19(20)18-35-28/h2-17,40H,1,18H2,(H,35,37,39,41). The number of H-pyrrole nitrogens is 1. The molecular formula is C33H22N8. The molecule has 8 nitrogen and oxygen atoms in total. The van der Waals surface area contributed by atoms with Crippen LogP contribution < -0.4 is 5.32 Å². The highest BCUT2D eigenvalue weighted by Crippen LogP contribution is 2.36. The topological polar surface area (TPSA) is 102 Å². The van der Waals surface area contributed by atoms with E-state index < -0.39 is 0 Å². The number of nitrogens with one attached hydrogen (secondary N) is 2. The van der Waals surface area contributed by atoms with Crippen LogP contribution in [0.2, 0.25) is 0 Å². The summed E-state index contributed by atoms with van der Waals surface area (Å²) >= 11 is 0. The number of amidine groups is 5. The van der Waals surface area contributed by atoms with Gasteiger partial charge in [-0.15, -0.1) is 0 Å². The van der Waals surface area contributed by atoms with E-state index in [1.165, 1.54) is 5.56 Å². The highest BCUT2D eigenvalue weighted by molar-refractivity contribution is 6.27. The second kappa shape index (κ2) is 9.17. The van der Waals surface area contributed by atoms with E-state index in [4.69, 9.17) is 20.0 Å². The van der Waals surface area contributed by atoms with E-state index in [0.29, 0.717) is 35.0 Å². The summed E-state index contributed by atoms with van der Waals surface area (Å²) < 4.78 is 0. The van der Waals surface area contributed by atoms with Crippen molar-refractivity contribution in [3.05, 3.63) is 130 Å². The van der Waals surface area contributed by atoms with E-state index >= 15 is 0 Å². The van der Waals surface area contributed by atoms with Crippen LogP contribution in [-0.2, 0) is 6.54 Å². The molecule has 194 valence electrons. The van der Waals surface area contributed by atoms with Crippen molar-refractivity contribution in [2.24, 2.45) is 30.0 Å². The van der Waals surface area contributed by atoms with Crippen molar-refractivity contribution in [1.82, 2.24) is 10.3 Å². The Kier molecular flexibility index (Phi) is 5.18. The van der Waals surface area contributed by atoms with Crippen LogP contribution in [0.5, 0.6) is 0 Å². The number of rotatable bonds is 2. The maximum atomic E-state index is 5.02. The van der Waals surface area contributed by atoms with Gasteiger partial charge in [0.05, 0.1) is 0 Å². The van der Waals surface area contributed by atoms with Gasteiger partial charge >= 0.3 is 0 Å². The monoisotopic (exact) mass is 530 g/mol. The predicted molar refractivity (Wildman–Crippen MR) is 166 cm³/mol. The van der Waals surface area contributed by atoms with Gasteiger partial charge in [0.25, 0.3) is 0 Å². The molecule has 4 heterocycles. The summed E-state index contributed by atoms with van der Waals surface area (Å²) in [6.45, 7) is 4.43.